The van der Waals surface area contributed by atoms with E-state index >= 15 is 0 Å². The average molecular weight is 337 g/mol. The van der Waals surface area contributed by atoms with Crippen LogP contribution in [0.15, 0.2) is 67.3 Å². The lowest BCUT2D eigenvalue weighted by Gasteiger charge is -2.36. The lowest BCUT2D eigenvalue weighted by atomic mass is 9.78. The molecule has 0 saturated heterocycles. The molecule has 0 fully saturated rings. The summed E-state index contributed by atoms with van der Waals surface area (Å²) in [5.41, 5.74) is 8.58. The molecule has 1 heterocycles. The van der Waals surface area contributed by atoms with Crippen LogP contribution in [0.1, 0.15) is 36.0 Å². The normalized spacial score (nSPS) is 17.6. The van der Waals surface area contributed by atoms with Gasteiger partial charge in [0.2, 0.25) is 0 Å². The van der Waals surface area contributed by atoms with Crippen molar-refractivity contribution in [1.29, 1.82) is 0 Å². The van der Waals surface area contributed by atoms with Crippen LogP contribution < -0.4 is 4.90 Å². The van der Waals surface area contributed by atoms with E-state index in [1.54, 1.807) is 0 Å². The summed E-state index contributed by atoms with van der Waals surface area (Å²) in [7, 11) is 0. The molecular formula is C25H23N. The Labute approximate surface area is 155 Å². The number of hydrogen-bond donors (Lipinski definition) is 0. The molecule has 1 atom stereocenters. The molecular weight excluding hydrogens is 314 g/mol. The first-order valence-corrected chi connectivity index (χ1v) is 9.48. The van der Waals surface area contributed by atoms with Crippen LogP contribution in [0.4, 0.5) is 5.69 Å². The zero-order valence-electron chi connectivity index (χ0n) is 15.2. The van der Waals surface area contributed by atoms with E-state index in [9.17, 15) is 0 Å². The van der Waals surface area contributed by atoms with Gasteiger partial charge in [-0.25, -0.2) is 0 Å². The van der Waals surface area contributed by atoms with Gasteiger partial charge in [0, 0.05) is 24.3 Å². The van der Waals surface area contributed by atoms with Crippen molar-refractivity contribution < 1.29 is 0 Å². The molecule has 1 heteroatoms. The Morgan fingerprint density at radius 3 is 2.85 bits per heavy atom. The maximum atomic E-state index is 3.98. The molecule has 5 rings (SSSR count). The van der Waals surface area contributed by atoms with E-state index < -0.39 is 0 Å². The Morgan fingerprint density at radius 1 is 1.08 bits per heavy atom. The molecule has 0 N–H and O–H groups in total. The van der Waals surface area contributed by atoms with Crippen molar-refractivity contribution in [2.24, 2.45) is 0 Å². The molecule has 26 heavy (non-hydrogen) atoms. The van der Waals surface area contributed by atoms with Gasteiger partial charge in [0.25, 0.3) is 0 Å². The minimum Gasteiger partial charge on any atom is -0.363 e. The van der Waals surface area contributed by atoms with Crippen LogP contribution in [0.25, 0.3) is 28.0 Å². The molecule has 0 bridgehead atoms. The second-order valence-corrected chi connectivity index (χ2v) is 7.49. The molecule has 2 aliphatic rings. The second kappa shape index (κ2) is 5.88. The zero-order valence-corrected chi connectivity index (χ0v) is 15.2. The van der Waals surface area contributed by atoms with Crippen molar-refractivity contribution >= 4 is 22.5 Å². The van der Waals surface area contributed by atoms with Gasteiger partial charge in [0.15, 0.2) is 0 Å². The number of fused-ring (bicyclic) bond motifs is 7. The number of rotatable bonds is 2. The summed E-state index contributed by atoms with van der Waals surface area (Å²) in [6.45, 7) is 8.17. The Morgan fingerprint density at radius 2 is 1.96 bits per heavy atom. The maximum Gasteiger partial charge on any atom is 0.0458 e. The number of allylic oxidation sites excluding steroid dienone is 1. The van der Waals surface area contributed by atoms with Gasteiger partial charge in [-0.05, 0) is 51.4 Å². The van der Waals surface area contributed by atoms with Crippen LogP contribution in [-0.2, 0) is 6.54 Å². The molecule has 3 aromatic rings. The lowest BCUT2D eigenvalue weighted by molar-refractivity contribution is 0.766. The number of nitrogens with zero attached hydrogens (tertiary/aromatic N) is 1. The molecule has 0 radical (unpaired) electrons. The van der Waals surface area contributed by atoms with Crippen molar-refractivity contribution in [3.05, 3.63) is 84.0 Å². The van der Waals surface area contributed by atoms with Crippen molar-refractivity contribution in [2.45, 2.75) is 25.8 Å². The predicted molar refractivity (Wildman–Crippen MR) is 113 cm³/mol. The minimum atomic E-state index is 0.558. The van der Waals surface area contributed by atoms with E-state index in [1.165, 1.54) is 44.3 Å². The molecule has 1 nitrogen and oxygen atoms in total. The van der Waals surface area contributed by atoms with Gasteiger partial charge < -0.3 is 4.90 Å². The Bertz CT molecular complexity index is 1060. The average Bonchev–Trinajstić information content (AvgIpc) is 2.67. The number of anilines is 1. The minimum absolute atomic E-state index is 0.558. The fourth-order valence-corrected chi connectivity index (χ4v) is 4.70. The molecule has 0 aromatic heterocycles. The molecule has 1 unspecified atom stereocenters. The third kappa shape index (κ3) is 2.17. The largest absolute Gasteiger partial charge is 0.363 e. The SMILES string of the molecule is C=CCN1Cc2ccc3c(c2-c2c1ccc1ccccc21)C(C)CC=C3. The summed E-state index contributed by atoms with van der Waals surface area (Å²) < 4.78 is 0. The van der Waals surface area contributed by atoms with E-state index in [0.29, 0.717) is 5.92 Å². The molecule has 128 valence electrons. The van der Waals surface area contributed by atoms with Crippen LogP contribution in [0.2, 0.25) is 0 Å². The number of hydrogen-bond acceptors (Lipinski definition) is 1. The van der Waals surface area contributed by atoms with Gasteiger partial charge in [0.1, 0.15) is 0 Å². The number of benzene rings is 3. The first-order valence-electron chi connectivity index (χ1n) is 9.48. The van der Waals surface area contributed by atoms with Crippen LogP contribution >= 0.6 is 0 Å². The van der Waals surface area contributed by atoms with Crippen molar-refractivity contribution in [1.82, 2.24) is 0 Å². The van der Waals surface area contributed by atoms with Crippen molar-refractivity contribution in [2.75, 3.05) is 11.4 Å². The van der Waals surface area contributed by atoms with Gasteiger partial charge in [-0.15, -0.1) is 6.58 Å². The lowest BCUT2D eigenvalue weighted by Crippen LogP contribution is -2.27. The Kier molecular flexibility index (Phi) is 3.49. The Balaban J connectivity index is 1.90. The highest BCUT2D eigenvalue weighted by molar-refractivity contribution is 6.06. The van der Waals surface area contributed by atoms with E-state index in [-0.39, 0.29) is 0 Å². The molecule has 0 saturated carbocycles. The predicted octanol–water partition coefficient (Wildman–Crippen LogP) is 6.53. The third-order valence-corrected chi connectivity index (χ3v) is 5.85. The van der Waals surface area contributed by atoms with Gasteiger partial charge in [-0.2, -0.15) is 0 Å². The molecule has 0 spiro atoms. The summed E-state index contributed by atoms with van der Waals surface area (Å²) >= 11 is 0. The summed E-state index contributed by atoms with van der Waals surface area (Å²) in [6.07, 6.45) is 7.75. The van der Waals surface area contributed by atoms with Crippen LogP contribution in [0, 0.1) is 0 Å². The van der Waals surface area contributed by atoms with Crippen molar-refractivity contribution in [3.8, 4) is 11.1 Å². The first kappa shape index (κ1) is 15.5. The third-order valence-electron chi connectivity index (χ3n) is 5.85. The molecule has 1 aliphatic carbocycles. The van der Waals surface area contributed by atoms with Crippen molar-refractivity contribution in [3.63, 3.8) is 0 Å². The quantitative estimate of drug-likeness (QED) is 0.480. The van der Waals surface area contributed by atoms with Gasteiger partial charge in [-0.3, -0.25) is 0 Å². The molecule has 1 aliphatic heterocycles. The summed E-state index contributed by atoms with van der Waals surface area (Å²) in [5.74, 6) is 0.558. The van der Waals surface area contributed by atoms with Crippen LogP contribution in [-0.4, -0.2) is 6.54 Å². The smallest absolute Gasteiger partial charge is 0.0458 e. The zero-order chi connectivity index (χ0) is 17.7. The van der Waals surface area contributed by atoms with E-state index in [4.69, 9.17) is 0 Å². The maximum absolute atomic E-state index is 3.98. The second-order valence-electron chi connectivity index (χ2n) is 7.49. The van der Waals surface area contributed by atoms with Crippen LogP contribution in [0.3, 0.4) is 0 Å². The highest BCUT2D eigenvalue weighted by Crippen LogP contribution is 2.49. The fraction of sp³-hybridized carbons (Fsp3) is 0.200. The van der Waals surface area contributed by atoms with Gasteiger partial charge >= 0.3 is 0 Å². The molecule has 0 amide bonds. The van der Waals surface area contributed by atoms with E-state index in [1.807, 2.05) is 6.08 Å². The summed E-state index contributed by atoms with van der Waals surface area (Å²) in [5, 5.41) is 2.67. The first-order chi connectivity index (χ1) is 12.8. The topological polar surface area (TPSA) is 3.24 Å². The summed E-state index contributed by atoms with van der Waals surface area (Å²) in [4.78, 5) is 2.45. The fourth-order valence-electron chi connectivity index (χ4n) is 4.70. The van der Waals surface area contributed by atoms with E-state index in [2.05, 4.69) is 79.1 Å². The Hall–Kier alpha value is -2.80. The van der Waals surface area contributed by atoms with Gasteiger partial charge in [-0.1, -0.05) is 67.6 Å². The van der Waals surface area contributed by atoms with Crippen LogP contribution in [0.5, 0.6) is 0 Å². The highest BCUT2D eigenvalue weighted by atomic mass is 15.1. The summed E-state index contributed by atoms with van der Waals surface area (Å²) in [6, 6.07) is 18.0. The highest BCUT2D eigenvalue weighted by Gasteiger charge is 2.28. The molecule has 3 aromatic carbocycles. The van der Waals surface area contributed by atoms with E-state index in [0.717, 1.165) is 19.5 Å². The monoisotopic (exact) mass is 337 g/mol. The van der Waals surface area contributed by atoms with Gasteiger partial charge in [0.05, 0.1) is 0 Å². The standard InChI is InChI=1S/C25H23N/c1-3-15-26-16-20-12-11-19-9-6-7-17(2)23(19)24(20)25-21-10-5-4-8-18(21)13-14-22(25)26/h3-6,8-14,17H,1,7,15-16H2,2H3.